The van der Waals surface area contributed by atoms with E-state index >= 15 is 0 Å². The number of nitrogens with zero attached hydrogens (tertiary/aromatic N) is 5. The molecule has 1 N–H and O–H groups in total. The summed E-state index contributed by atoms with van der Waals surface area (Å²) in [4.78, 5) is 11.7. The highest BCUT2D eigenvalue weighted by Gasteiger charge is 2.27. The van der Waals surface area contributed by atoms with Crippen molar-refractivity contribution in [3.63, 3.8) is 0 Å². The highest BCUT2D eigenvalue weighted by Crippen LogP contribution is 2.38. The predicted octanol–water partition coefficient (Wildman–Crippen LogP) is 3.08. The highest BCUT2D eigenvalue weighted by atomic mass is 15.3. The van der Waals surface area contributed by atoms with Gasteiger partial charge in [0.1, 0.15) is 12.0 Å². The van der Waals surface area contributed by atoms with Gasteiger partial charge in [-0.25, -0.2) is 9.97 Å². The number of aromatic nitrogens is 5. The van der Waals surface area contributed by atoms with Gasteiger partial charge in [-0.2, -0.15) is 10.4 Å². The van der Waals surface area contributed by atoms with E-state index in [0.29, 0.717) is 6.42 Å². The van der Waals surface area contributed by atoms with Crippen molar-refractivity contribution in [2.24, 2.45) is 5.92 Å². The lowest BCUT2D eigenvalue weighted by Gasteiger charge is -2.13. The molecule has 0 aliphatic heterocycles. The highest BCUT2D eigenvalue weighted by molar-refractivity contribution is 5.89. The number of fused-ring (bicyclic) bond motifs is 1. The van der Waals surface area contributed by atoms with Gasteiger partial charge in [-0.3, -0.25) is 4.68 Å². The molecule has 1 aliphatic carbocycles. The van der Waals surface area contributed by atoms with Gasteiger partial charge >= 0.3 is 0 Å². The molecule has 1 unspecified atom stereocenters. The van der Waals surface area contributed by atoms with Crippen LogP contribution >= 0.6 is 0 Å². The zero-order valence-electron chi connectivity index (χ0n) is 12.1. The number of nitriles is 1. The molecule has 0 radical (unpaired) electrons. The molecule has 6 heteroatoms. The zero-order valence-corrected chi connectivity index (χ0v) is 12.1. The SMILES string of the molecule is N#CCC(CC1CC1)n1cc(-c2ncnc3[nH]ccc23)cn1. The molecule has 3 aromatic rings. The molecule has 4 rings (SSSR count). The summed E-state index contributed by atoms with van der Waals surface area (Å²) in [5, 5.41) is 14.5. The van der Waals surface area contributed by atoms with Crippen molar-refractivity contribution in [1.82, 2.24) is 24.7 Å². The van der Waals surface area contributed by atoms with E-state index in [2.05, 4.69) is 26.1 Å². The van der Waals surface area contributed by atoms with Crippen LogP contribution in [0.5, 0.6) is 0 Å². The molecule has 1 aliphatic rings. The van der Waals surface area contributed by atoms with Crippen molar-refractivity contribution in [2.45, 2.75) is 31.7 Å². The van der Waals surface area contributed by atoms with Gasteiger partial charge in [0.15, 0.2) is 0 Å². The first-order chi connectivity index (χ1) is 10.8. The van der Waals surface area contributed by atoms with Crippen molar-refractivity contribution >= 4 is 11.0 Å². The summed E-state index contributed by atoms with van der Waals surface area (Å²) in [6.07, 6.45) is 11.4. The van der Waals surface area contributed by atoms with Gasteiger partial charge < -0.3 is 4.98 Å². The average molecular weight is 292 g/mol. The smallest absolute Gasteiger partial charge is 0.141 e. The van der Waals surface area contributed by atoms with Crippen LogP contribution in [0.2, 0.25) is 0 Å². The maximum atomic E-state index is 9.05. The van der Waals surface area contributed by atoms with Crippen LogP contribution in [-0.4, -0.2) is 24.7 Å². The number of hydrogen-bond acceptors (Lipinski definition) is 4. The Morgan fingerprint density at radius 3 is 3.14 bits per heavy atom. The summed E-state index contributed by atoms with van der Waals surface area (Å²) in [6, 6.07) is 4.42. The zero-order chi connectivity index (χ0) is 14.9. The third kappa shape index (κ3) is 2.35. The van der Waals surface area contributed by atoms with Crippen LogP contribution in [0.1, 0.15) is 31.7 Å². The maximum absolute atomic E-state index is 9.05. The minimum absolute atomic E-state index is 0.162. The Hall–Kier alpha value is -2.68. The number of rotatable bonds is 5. The Bertz CT molecular complexity index is 836. The van der Waals surface area contributed by atoms with E-state index in [1.165, 1.54) is 12.8 Å². The lowest BCUT2D eigenvalue weighted by atomic mass is 10.1. The normalized spacial score (nSPS) is 15.8. The molecule has 6 nitrogen and oxygen atoms in total. The topological polar surface area (TPSA) is 83.2 Å². The first kappa shape index (κ1) is 13.0. The number of nitrogens with one attached hydrogen (secondary N) is 1. The van der Waals surface area contributed by atoms with Crippen molar-refractivity contribution in [1.29, 1.82) is 5.26 Å². The predicted molar refractivity (Wildman–Crippen MR) is 81.7 cm³/mol. The number of hydrogen-bond donors (Lipinski definition) is 1. The molecule has 0 spiro atoms. The van der Waals surface area contributed by atoms with Crippen LogP contribution in [0.3, 0.4) is 0 Å². The van der Waals surface area contributed by atoms with E-state index in [9.17, 15) is 0 Å². The second-order valence-corrected chi connectivity index (χ2v) is 5.87. The van der Waals surface area contributed by atoms with E-state index < -0.39 is 0 Å². The molecule has 3 aromatic heterocycles. The first-order valence-electron chi connectivity index (χ1n) is 7.54. The third-order valence-corrected chi connectivity index (χ3v) is 4.23. The van der Waals surface area contributed by atoms with Gasteiger partial charge in [-0.15, -0.1) is 0 Å². The minimum atomic E-state index is 0.162. The van der Waals surface area contributed by atoms with Crippen molar-refractivity contribution in [3.05, 3.63) is 31.0 Å². The largest absolute Gasteiger partial charge is 0.346 e. The standard InChI is InChI=1S/C16H16N6/c17-5-3-13(7-11-1-2-11)22-9-12(8-21-22)15-14-4-6-18-16(14)20-10-19-15/h4,6,8-11,13H,1-3,7H2,(H,18,19,20). The van der Waals surface area contributed by atoms with E-state index in [4.69, 9.17) is 5.26 Å². The molecule has 3 heterocycles. The van der Waals surface area contributed by atoms with Gasteiger partial charge in [-0.05, 0) is 18.4 Å². The molecule has 1 fully saturated rings. The molecule has 22 heavy (non-hydrogen) atoms. The van der Waals surface area contributed by atoms with E-state index in [1.54, 1.807) is 6.33 Å². The fraction of sp³-hybridized carbons (Fsp3) is 0.375. The quantitative estimate of drug-likeness (QED) is 0.783. The summed E-state index contributed by atoms with van der Waals surface area (Å²) >= 11 is 0. The van der Waals surface area contributed by atoms with E-state index in [1.807, 2.05) is 29.3 Å². The van der Waals surface area contributed by atoms with Crippen LogP contribution < -0.4 is 0 Å². The molecule has 0 saturated heterocycles. The lowest BCUT2D eigenvalue weighted by Crippen LogP contribution is -2.09. The van der Waals surface area contributed by atoms with Gasteiger partial charge in [0.25, 0.3) is 0 Å². The monoisotopic (exact) mass is 292 g/mol. The molecule has 0 aromatic carbocycles. The van der Waals surface area contributed by atoms with Crippen LogP contribution in [0.15, 0.2) is 31.0 Å². The van der Waals surface area contributed by atoms with Gasteiger partial charge in [0.2, 0.25) is 0 Å². The summed E-state index contributed by atoms with van der Waals surface area (Å²) in [5.74, 6) is 0.765. The maximum Gasteiger partial charge on any atom is 0.141 e. The van der Waals surface area contributed by atoms with Crippen LogP contribution in [0, 0.1) is 17.2 Å². The molecular weight excluding hydrogens is 276 g/mol. The van der Waals surface area contributed by atoms with Gasteiger partial charge in [0.05, 0.1) is 30.4 Å². The van der Waals surface area contributed by atoms with Crippen LogP contribution in [0.4, 0.5) is 0 Å². The summed E-state index contributed by atoms with van der Waals surface area (Å²) in [5.41, 5.74) is 2.66. The average Bonchev–Trinajstić information content (AvgIpc) is 3.05. The van der Waals surface area contributed by atoms with Gasteiger partial charge in [0, 0.05) is 23.3 Å². The van der Waals surface area contributed by atoms with E-state index in [0.717, 1.165) is 34.6 Å². The third-order valence-electron chi connectivity index (χ3n) is 4.23. The first-order valence-corrected chi connectivity index (χ1v) is 7.54. The van der Waals surface area contributed by atoms with Gasteiger partial charge in [-0.1, -0.05) is 12.8 Å². The Kier molecular flexibility index (Phi) is 3.11. The Labute approximate surface area is 127 Å². The minimum Gasteiger partial charge on any atom is -0.346 e. The Balaban J connectivity index is 1.68. The second kappa shape index (κ2) is 5.26. The Morgan fingerprint density at radius 1 is 1.41 bits per heavy atom. The summed E-state index contributed by atoms with van der Waals surface area (Å²) < 4.78 is 1.93. The Morgan fingerprint density at radius 2 is 2.32 bits per heavy atom. The second-order valence-electron chi connectivity index (χ2n) is 5.87. The molecule has 110 valence electrons. The molecule has 1 saturated carbocycles. The fourth-order valence-corrected chi connectivity index (χ4v) is 2.89. The molecule has 1 atom stereocenters. The number of aromatic amines is 1. The number of H-pyrrole nitrogens is 1. The summed E-state index contributed by atoms with van der Waals surface area (Å²) in [6.45, 7) is 0. The van der Waals surface area contributed by atoms with Crippen molar-refractivity contribution < 1.29 is 0 Å². The van der Waals surface area contributed by atoms with E-state index in [-0.39, 0.29) is 6.04 Å². The van der Waals surface area contributed by atoms with Crippen LogP contribution in [-0.2, 0) is 0 Å². The lowest BCUT2D eigenvalue weighted by molar-refractivity contribution is 0.411. The molecule has 0 bridgehead atoms. The molecular formula is C16H16N6. The fourth-order valence-electron chi connectivity index (χ4n) is 2.89. The van der Waals surface area contributed by atoms with Crippen molar-refractivity contribution in [3.8, 4) is 17.3 Å². The summed E-state index contributed by atoms with van der Waals surface area (Å²) in [7, 11) is 0. The van der Waals surface area contributed by atoms with Crippen molar-refractivity contribution in [2.75, 3.05) is 0 Å². The molecule has 0 amide bonds. The van der Waals surface area contributed by atoms with Crippen LogP contribution in [0.25, 0.3) is 22.3 Å².